The Kier molecular flexibility index (Phi) is 5.54. The van der Waals surface area contributed by atoms with Crippen LogP contribution in [-0.4, -0.2) is 27.2 Å². The molecule has 0 atom stereocenters. The molecule has 2 rings (SSSR count). The minimum Gasteiger partial charge on any atom is -0.310 e. The third kappa shape index (κ3) is 4.30. The predicted octanol–water partition coefficient (Wildman–Crippen LogP) is 2.92. The van der Waals surface area contributed by atoms with Gasteiger partial charge in [-0.3, -0.25) is 9.48 Å². The Hall–Kier alpha value is -1.89. The van der Waals surface area contributed by atoms with Gasteiger partial charge >= 0.3 is 0 Å². The first-order valence-electron chi connectivity index (χ1n) is 6.78. The van der Waals surface area contributed by atoms with Crippen LogP contribution in [-0.2, 0) is 18.3 Å². The van der Waals surface area contributed by atoms with E-state index in [4.69, 9.17) is 0 Å². The number of halogens is 2. The van der Waals surface area contributed by atoms with E-state index in [9.17, 15) is 13.6 Å². The standard InChI is InChI=1S/C15H17F2N3OS/c1-10-8-13(20(2)19-10)18-14(21)9-22-7-6-11-4-3-5-12(16)15(11)17/h3-5,8H,6-7,9H2,1-2H3,(H,18,21). The number of anilines is 1. The normalized spacial score (nSPS) is 10.7. The third-order valence-corrected chi connectivity index (χ3v) is 4.01. The van der Waals surface area contributed by atoms with Crippen LogP contribution in [0.25, 0.3) is 0 Å². The average molecular weight is 325 g/mol. The smallest absolute Gasteiger partial charge is 0.235 e. The summed E-state index contributed by atoms with van der Waals surface area (Å²) in [5.41, 5.74) is 1.15. The molecule has 0 unspecified atom stereocenters. The molecule has 1 heterocycles. The third-order valence-electron chi connectivity index (χ3n) is 3.05. The number of nitrogens with one attached hydrogen (secondary N) is 1. The lowest BCUT2D eigenvalue weighted by Gasteiger charge is -2.06. The molecule has 1 aromatic heterocycles. The Morgan fingerprint density at radius 3 is 2.86 bits per heavy atom. The van der Waals surface area contributed by atoms with Gasteiger partial charge in [-0.2, -0.15) is 16.9 Å². The number of nitrogens with zero attached hydrogens (tertiary/aromatic N) is 2. The van der Waals surface area contributed by atoms with Gasteiger partial charge in [0.15, 0.2) is 11.6 Å². The monoisotopic (exact) mass is 325 g/mol. The second-order valence-electron chi connectivity index (χ2n) is 4.86. The largest absolute Gasteiger partial charge is 0.310 e. The molecule has 1 N–H and O–H groups in total. The maximum atomic E-state index is 13.4. The van der Waals surface area contributed by atoms with Crippen molar-refractivity contribution in [1.82, 2.24) is 9.78 Å². The summed E-state index contributed by atoms with van der Waals surface area (Å²) >= 11 is 1.37. The quantitative estimate of drug-likeness (QED) is 0.831. The highest BCUT2D eigenvalue weighted by atomic mass is 32.2. The molecule has 0 aliphatic rings. The van der Waals surface area contributed by atoms with Gasteiger partial charge in [0, 0.05) is 13.1 Å². The molecule has 118 valence electrons. The Balaban J connectivity index is 1.75. The lowest BCUT2D eigenvalue weighted by molar-refractivity contribution is -0.113. The first-order valence-corrected chi connectivity index (χ1v) is 7.94. The molecule has 0 aliphatic carbocycles. The lowest BCUT2D eigenvalue weighted by Crippen LogP contribution is -2.16. The van der Waals surface area contributed by atoms with Crippen molar-refractivity contribution in [1.29, 1.82) is 0 Å². The van der Waals surface area contributed by atoms with Crippen LogP contribution in [0, 0.1) is 18.6 Å². The number of benzene rings is 1. The van der Waals surface area contributed by atoms with Crippen molar-refractivity contribution in [3.8, 4) is 0 Å². The van der Waals surface area contributed by atoms with Crippen LogP contribution < -0.4 is 5.32 Å². The van der Waals surface area contributed by atoms with E-state index in [2.05, 4.69) is 10.4 Å². The van der Waals surface area contributed by atoms with Crippen LogP contribution in [0.3, 0.4) is 0 Å². The van der Waals surface area contributed by atoms with Crippen molar-refractivity contribution < 1.29 is 13.6 Å². The maximum absolute atomic E-state index is 13.4. The Morgan fingerprint density at radius 2 is 2.18 bits per heavy atom. The number of carbonyl (C=O) groups is 1. The first-order chi connectivity index (χ1) is 10.5. The molecule has 0 saturated heterocycles. The minimum atomic E-state index is -0.841. The van der Waals surface area contributed by atoms with E-state index in [0.29, 0.717) is 23.6 Å². The number of hydrogen-bond acceptors (Lipinski definition) is 3. The van der Waals surface area contributed by atoms with Crippen molar-refractivity contribution in [2.24, 2.45) is 7.05 Å². The molecular weight excluding hydrogens is 308 g/mol. The van der Waals surface area contributed by atoms with Gasteiger partial charge in [0.25, 0.3) is 0 Å². The van der Waals surface area contributed by atoms with Gasteiger partial charge in [-0.05, 0) is 30.7 Å². The summed E-state index contributed by atoms with van der Waals surface area (Å²) in [5, 5.41) is 6.89. The zero-order valence-electron chi connectivity index (χ0n) is 12.4. The van der Waals surface area contributed by atoms with E-state index in [-0.39, 0.29) is 11.7 Å². The zero-order chi connectivity index (χ0) is 16.1. The van der Waals surface area contributed by atoms with Crippen molar-refractivity contribution in [2.75, 3.05) is 16.8 Å². The van der Waals surface area contributed by atoms with Gasteiger partial charge in [-0.25, -0.2) is 8.78 Å². The number of carbonyl (C=O) groups excluding carboxylic acids is 1. The molecule has 0 radical (unpaired) electrons. The summed E-state index contributed by atoms with van der Waals surface area (Å²) in [5.74, 6) is -0.365. The summed E-state index contributed by atoms with van der Waals surface area (Å²) in [4.78, 5) is 11.8. The Labute approximate surface area is 131 Å². The first kappa shape index (κ1) is 16.5. The highest BCUT2D eigenvalue weighted by molar-refractivity contribution is 7.99. The van der Waals surface area contributed by atoms with Crippen molar-refractivity contribution in [3.05, 3.63) is 47.2 Å². The molecule has 0 fully saturated rings. The summed E-state index contributed by atoms with van der Waals surface area (Å²) < 4.78 is 28.1. The van der Waals surface area contributed by atoms with Gasteiger partial charge in [0.2, 0.25) is 5.91 Å². The van der Waals surface area contributed by atoms with Gasteiger partial charge < -0.3 is 5.32 Å². The Bertz CT molecular complexity index is 673. The minimum absolute atomic E-state index is 0.146. The topological polar surface area (TPSA) is 46.9 Å². The van der Waals surface area contributed by atoms with E-state index in [0.717, 1.165) is 11.8 Å². The number of aryl methyl sites for hydroxylation is 3. The number of hydrogen-bond donors (Lipinski definition) is 1. The molecule has 4 nitrogen and oxygen atoms in total. The van der Waals surface area contributed by atoms with E-state index in [1.165, 1.54) is 17.8 Å². The number of aromatic nitrogens is 2. The second kappa shape index (κ2) is 7.40. The molecule has 0 bridgehead atoms. The highest BCUT2D eigenvalue weighted by Gasteiger charge is 2.09. The number of thioether (sulfide) groups is 1. The summed E-state index contributed by atoms with van der Waals surface area (Å²) in [6.07, 6.45) is 0.381. The molecule has 7 heteroatoms. The van der Waals surface area contributed by atoms with Crippen LogP contribution in [0.2, 0.25) is 0 Å². The number of rotatable bonds is 6. The van der Waals surface area contributed by atoms with Crippen LogP contribution >= 0.6 is 11.8 Å². The summed E-state index contributed by atoms with van der Waals surface area (Å²) in [6.45, 7) is 1.85. The highest BCUT2D eigenvalue weighted by Crippen LogP contribution is 2.15. The Morgan fingerprint density at radius 1 is 1.41 bits per heavy atom. The van der Waals surface area contributed by atoms with Gasteiger partial charge in [-0.1, -0.05) is 12.1 Å². The maximum Gasteiger partial charge on any atom is 0.235 e. The molecule has 22 heavy (non-hydrogen) atoms. The van der Waals surface area contributed by atoms with E-state index in [1.54, 1.807) is 23.9 Å². The molecule has 0 aliphatic heterocycles. The molecular formula is C15H17F2N3OS. The number of amides is 1. The van der Waals surface area contributed by atoms with Gasteiger partial charge in [0.05, 0.1) is 11.4 Å². The van der Waals surface area contributed by atoms with Crippen molar-refractivity contribution in [2.45, 2.75) is 13.3 Å². The van der Waals surface area contributed by atoms with Crippen molar-refractivity contribution in [3.63, 3.8) is 0 Å². The lowest BCUT2D eigenvalue weighted by atomic mass is 10.1. The van der Waals surface area contributed by atoms with E-state index < -0.39 is 11.6 Å². The van der Waals surface area contributed by atoms with Crippen LogP contribution in [0.4, 0.5) is 14.6 Å². The fraction of sp³-hybridized carbons (Fsp3) is 0.333. The molecule has 2 aromatic rings. The second-order valence-corrected chi connectivity index (χ2v) is 5.96. The van der Waals surface area contributed by atoms with E-state index >= 15 is 0 Å². The predicted molar refractivity (Wildman–Crippen MR) is 84.0 cm³/mol. The van der Waals surface area contributed by atoms with Crippen LogP contribution in [0.5, 0.6) is 0 Å². The molecule has 1 aromatic carbocycles. The molecule has 1 amide bonds. The van der Waals surface area contributed by atoms with Gasteiger partial charge in [-0.15, -0.1) is 0 Å². The van der Waals surface area contributed by atoms with Crippen molar-refractivity contribution >= 4 is 23.5 Å². The summed E-state index contributed by atoms with van der Waals surface area (Å²) in [6, 6.07) is 5.91. The molecule has 0 spiro atoms. The average Bonchev–Trinajstić information content (AvgIpc) is 2.77. The van der Waals surface area contributed by atoms with Crippen LogP contribution in [0.1, 0.15) is 11.3 Å². The van der Waals surface area contributed by atoms with Crippen LogP contribution in [0.15, 0.2) is 24.3 Å². The van der Waals surface area contributed by atoms with Gasteiger partial charge in [0.1, 0.15) is 5.82 Å². The van der Waals surface area contributed by atoms with E-state index in [1.807, 2.05) is 6.92 Å². The molecule has 0 saturated carbocycles. The zero-order valence-corrected chi connectivity index (χ0v) is 13.2. The fourth-order valence-electron chi connectivity index (χ4n) is 2.00. The SMILES string of the molecule is Cc1cc(NC(=O)CSCCc2cccc(F)c2F)n(C)n1. The summed E-state index contributed by atoms with van der Waals surface area (Å²) in [7, 11) is 1.75. The fourth-order valence-corrected chi connectivity index (χ4v) is 2.76.